The molecule has 0 aliphatic heterocycles. The number of carboxylic acids is 1. The summed E-state index contributed by atoms with van der Waals surface area (Å²) in [5.74, 6) is -0.344. The predicted molar refractivity (Wildman–Crippen MR) is 122 cm³/mol. The Labute approximate surface area is 187 Å². The lowest BCUT2D eigenvalue weighted by atomic mass is 10.0. The number of nitrogens with one attached hydrogen (secondary N) is 1. The van der Waals surface area contributed by atoms with Crippen LogP contribution >= 0.6 is 0 Å². The van der Waals surface area contributed by atoms with E-state index >= 15 is 0 Å². The Morgan fingerprint density at radius 1 is 1.00 bits per heavy atom. The third kappa shape index (κ3) is 6.04. The van der Waals surface area contributed by atoms with E-state index in [9.17, 15) is 14.7 Å². The third-order valence-corrected chi connectivity index (χ3v) is 4.93. The molecule has 1 amide bonds. The fourth-order valence-electron chi connectivity index (χ4n) is 3.09. The van der Waals surface area contributed by atoms with Gasteiger partial charge in [-0.15, -0.1) is 0 Å². The van der Waals surface area contributed by atoms with E-state index < -0.39 is 5.97 Å². The molecule has 3 aromatic carbocycles. The summed E-state index contributed by atoms with van der Waals surface area (Å²) in [6, 6.07) is 19.4. The van der Waals surface area contributed by atoms with Gasteiger partial charge in [0.25, 0.3) is 5.91 Å². The molecule has 0 bridgehead atoms. The van der Waals surface area contributed by atoms with E-state index in [1.165, 1.54) is 23.9 Å². The van der Waals surface area contributed by atoms with Gasteiger partial charge in [-0.3, -0.25) is 4.79 Å². The minimum absolute atomic E-state index is 0.0816. The maximum Gasteiger partial charge on any atom is 0.271 e. The first-order valence-electron chi connectivity index (χ1n) is 10.3. The smallest absolute Gasteiger partial charge is 0.271 e. The highest BCUT2D eigenvalue weighted by molar-refractivity contribution is 5.95. The molecule has 6 heteroatoms. The molecule has 0 spiro atoms. The predicted octanol–water partition coefficient (Wildman–Crippen LogP) is 3.82. The highest BCUT2D eigenvalue weighted by Gasteiger charge is 2.09. The van der Waals surface area contributed by atoms with E-state index in [2.05, 4.69) is 36.5 Å². The highest BCUT2D eigenvalue weighted by Crippen LogP contribution is 2.28. The van der Waals surface area contributed by atoms with Crippen molar-refractivity contribution in [2.45, 2.75) is 33.3 Å². The number of amides is 1. The zero-order valence-corrected chi connectivity index (χ0v) is 18.3. The Balaban J connectivity index is 1.56. The van der Waals surface area contributed by atoms with Crippen molar-refractivity contribution in [1.29, 1.82) is 0 Å². The van der Waals surface area contributed by atoms with Crippen molar-refractivity contribution >= 4 is 18.1 Å². The molecule has 0 atom stereocenters. The number of hydrazone groups is 1. The zero-order valence-electron chi connectivity index (χ0n) is 18.3. The van der Waals surface area contributed by atoms with Gasteiger partial charge in [0.1, 0.15) is 12.4 Å². The summed E-state index contributed by atoms with van der Waals surface area (Å²) in [5.41, 5.74) is 6.93. The maximum atomic E-state index is 12.3. The van der Waals surface area contributed by atoms with Crippen LogP contribution in [0.15, 0.2) is 71.8 Å². The van der Waals surface area contributed by atoms with E-state index in [4.69, 9.17) is 4.74 Å². The topological polar surface area (TPSA) is 90.8 Å². The summed E-state index contributed by atoms with van der Waals surface area (Å²) < 4.78 is 6.04. The van der Waals surface area contributed by atoms with Crippen LogP contribution in [0.5, 0.6) is 5.75 Å². The number of carboxylic acid groups (broad SMARTS) is 1. The normalized spacial score (nSPS) is 11.0. The van der Waals surface area contributed by atoms with Crippen molar-refractivity contribution in [1.82, 2.24) is 5.43 Å². The second-order valence-corrected chi connectivity index (χ2v) is 7.79. The van der Waals surface area contributed by atoms with E-state index in [1.807, 2.05) is 25.1 Å². The van der Waals surface area contributed by atoms with Crippen molar-refractivity contribution in [3.05, 3.63) is 100 Å². The number of aromatic carboxylic acids is 1. The first-order valence-corrected chi connectivity index (χ1v) is 10.3. The van der Waals surface area contributed by atoms with Crippen LogP contribution in [-0.2, 0) is 6.61 Å². The Morgan fingerprint density at radius 3 is 2.28 bits per heavy atom. The Hall–Kier alpha value is -3.93. The van der Waals surface area contributed by atoms with Gasteiger partial charge >= 0.3 is 0 Å². The molecule has 0 saturated heterocycles. The molecule has 32 heavy (non-hydrogen) atoms. The van der Waals surface area contributed by atoms with Crippen LogP contribution in [0.3, 0.4) is 0 Å². The first kappa shape index (κ1) is 22.7. The minimum atomic E-state index is -1.24. The quantitative estimate of drug-likeness (QED) is 0.435. The zero-order chi connectivity index (χ0) is 23.1. The molecule has 0 aromatic heterocycles. The molecule has 1 N–H and O–H groups in total. The lowest BCUT2D eigenvalue weighted by molar-refractivity contribution is -0.255. The fraction of sp³-hybridized carbons (Fsp3) is 0.192. The molecule has 0 heterocycles. The molecule has 6 nitrogen and oxygen atoms in total. The Bertz CT molecular complexity index is 1120. The van der Waals surface area contributed by atoms with Gasteiger partial charge in [0.05, 0.1) is 12.2 Å². The third-order valence-electron chi connectivity index (χ3n) is 4.93. The second-order valence-electron chi connectivity index (χ2n) is 7.79. The van der Waals surface area contributed by atoms with Crippen molar-refractivity contribution in [3.63, 3.8) is 0 Å². The summed E-state index contributed by atoms with van der Waals surface area (Å²) in [5, 5.41) is 14.7. The number of benzene rings is 3. The van der Waals surface area contributed by atoms with Crippen molar-refractivity contribution < 1.29 is 19.4 Å². The summed E-state index contributed by atoms with van der Waals surface area (Å²) in [4.78, 5) is 23.0. The summed E-state index contributed by atoms with van der Waals surface area (Å²) in [6.45, 7) is 6.71. The van der Waals surface area contributed by atoms with Gasteiger partial charge < -0.3 is 14.6 Å². The number of hydrogen-bond donors (Lipinski definition) is 1. The summed E-state index contributed by atoms with van der Waals surface area (Å²) in [6.07, 6.45) is 1.44. The highest BCUT2D eigenvalue weighted by atomic mass is 16.5. The molecule has 0 saturated carbocycles. The average molecular weight is 429 g/mol. The summed E-state index contributed by atoms with van der Waals surface area (Å²) in [7, 11) is 0. The van der Waals surface area contributed by atoms with Gasteiger partial charge in [0.2, 0.25) is 0 Å². The van der Waals surface area contributed by atoms with Crippen LogP contribution in [-0.4, -0.2) is 18.1 Å². The Kier molecular flexibility index (Phi) is 7.39. The van der Waals surface area contributed by atoms with Gasteiger partial charge in [-0.05, 0) is 58.9 Å². The number of ether oxygens (including phenoxy) is 1. The number of carbonyl (C=O) groups excluding carboxylic acids is 2. The fourth-order valence-corrected chi connectivity index (χ4v) is 3.09. The molecule has 0 fully saturated rings. The molecule has 0 unspecified atom stereocenters. The van der Waals surface area contributed by atoms with Crippen molar-refractivity contribution in [2.24, 2.45) is 5.10 Å². The molecule has 3 aromatic rings. The van der Waals surface area contributed by atoms with E-state index in [-0.39, 0.29) is 11.5 Å². The van der Waals surface area contributed by atoms with E-state index in [1.54, 1.807) is 24.3 Å². The molecule has 0 aliphatic rings. The van der Waals surface area contributed by atoms with Crippen molar-refractivity contribution in [2.75, 3.05) is 0 Å². The first-order chi connectivity index (χ1) is 15.3. The lowest BCUT2D eigenvalue weighted by Gasteiger charge is -2.15. The standard InChI is InChI=1S/C26H26N2O4/c1-17(2)23-13-4-18(3)14-24(23)32-16-20-7-9-21(10-8-20)25(29)28-27-15-19-5-11-22(12-6-19)26(30)31/h4-15,17H,16H2,1-3H3,(H,28,29)(H,30,31)/p-1/b27-15-. The molecule has 0 radical (unpaired) electrons. The number of carbonyl (C=O) groups is 2. The van der Waals surface area contributed by atoms with Gasteiger partial charge in [-0.2, -0.15) is 5.10 Å². The molecule has 0 aliphatic carbocycles. The number of rotatable bonds is 8. The number of aryl methyl sites for hydroxylation is 1. The molecule has 3 rings (SSSR count). The van der Waals surface area contributed by atoms with Crippen LogP contribution in [0.25, 0.3) is 0 Å². The van der Waals surface area contributed by atoms with Gasteiger partial charge in [0.15, 0.2) is 0 Å². The van der Waals surface area contributed by atoms with Crippen LogP contribution in [0, 0.1) is 6.92 Å². The average Bonchev–Trinajstić information content (AvgIpc) is 2.78. The van der Waals surface area contributed by atoms with Crippen LogP contribution in [0.2, 0.25) is 0 Å². The van der Waals surface area contributed by atoms with Crippen LogP contribution in [0.4, 0.5) is 0 Å². The van der Waals surface area contributed by atoms with Gasteiger partial charge in [-0.25, -0.2) is 5.43 Å². The SMILES string of the molecule is Cc1ccc(C(C)C)c(OCc2ccc(C(=O)N/N=C\c3ccc(C(=O)[O-])cc3)cc2)c1. The monoisotopic (exact) mass is 429 g/mol. The lowest BCUT2D eigenvalue weighted by Crippen LogP contribution is -2.22. The van der Waals surface area contributed by atoms with E-state index in [0.29, 0.717) is 23.7 Å². The molecule has 164 valence electrons. The maximum absolute atomic E-state index is 12.3. The second kappa shape index (κ2) is 10.4. The van der Waals surface area contributed by atoms with Crippen molar-refractivity contribution in [3.8, 4) is 5.75 Å². The number of nitrogens with zero attached hydrogens (tertiary/aromatic N) is 1. The minimum Gasteiger partial charge on any atom is -0.545 e. The largest absolute Gasteiger partial charge is 0.545 e. The van der Waals surface area contributed by atoms with Gasteiger partial charge in [-0.1, -0.05) is 62.4 Å². The molecular formula is C26H25N2O4-. The van der Waals surface area contributed by atoms with Crippen LogP contribution in [0.1, 0.15) is 62.7 Å². The molecular weight excluding hydrogens is 404 g/mol. The van der Waals surface area contributed by atoms with Gasteiger partial charge in [0, 0.05) is 5.56 Å². The number of hydrogen-bond acceptors (Lipinski definition) is 5. The van der Waals surface area contributed by atoms with Crippen LogP contribution < -0.4 is 15.3 Å². The van der Waals surface area contributed by atoms with E-state index in [0.717, 1.165) is 16.9 Å². The summed E-state index contributed by atoms with van der Waals surface area (Å²) >= 11 is 0. The Morgan fingerprint density at radius 2 is 1.66 bits per heavy atom.